The van der Waals surface area contributed by atoms with Gasteiger partial charge < -0.3 is 19.9 Å². The van der Waals surface area contributed by atoms with Gasteiger partial charge in [-0.25, -0.2) is 4.79 Å². The molecule has 1 aromatic heterocycles. The van der Waals surface area contributed by atoms with Crippen LogP contribution in [0.3, 0.4) is 0 Å². The van der Waals surface area contributed by atoms with Gasteiger partial charge in [0.2, 0.25) is 0 Å². The number of carbonyl (C=O) groups is 1. The van der Waals surface area contributed by atoms with Crippen LogP contribution in [0.15, 0.2) is 24.3 Å². The summed E-state index contributed by atoms with van der Waals surface area (Å²) in [5.41, 5.74) is 0.681. The van der Waals surface area contributed by atoms with Crippen molar-refractivity contribution in [3.8, 4) is 5.75 Å². The summed E-state index contributed by atoms with van der Waals surface area (Å²) in [5, 5.41) is 14.4. The standard InChI is InChI=1S/C17H23N5O2/c1-11(2)15(16-21-20-14-8-5-9-22(14)16)19-17(23)18-12-6-4-7-13(10-12)24-3/h4,6-7,10-11,15H,5,8-9H2,1-3H3,(H2,18,19,23). The second-order valence-corrected chi connectivity index (χ2v) is 6.28. The third kappa shape index (κ3) is 3.34. The number of nitrogens with one attached hydrogen (secondary N) is 2. The number of carbonyl (C=O) groups excluding carboxylic acids is 1. The van der Waals surface area contributed by atoms with Gasteiger partial charge in [-0.2, -0.15) is 0 Å². The van der Waals surface area contributed by atoms with Gasteiger partial charge in [0.1, 0.15) is 11.6 Å². The minimum atomic E-state index is -0.266. The smallest absolute Gasteiger partial charge is 0.319 e. The van der Waals surface area contributed by atoms with Crippen LogP contribution in [0.4, 0.5) is 10.5 Å². The number of aryl methyl sites for hydroxylation is 1. The minimum absolute atomic E-state index is 0.185. The molecule has 2 heterocycles. The second kappa shape index (κ2) is 6.90. The molecule has 128 valence electrons. The number of benzene rings is 1. The first-order valence-electron chi connectivity index (χ1n) is 8.22. The number of fused-ring (bicyclic) bond motifs is 1. The zero-order valence-corrected chi connectivity index (χ0v) is 14.2. The number of anilines is 1. The predicted octanol–water partition coefficient (Wildman–Crippen LogP) is 2.75. The Morgan fingerprint density at radius 1 is 1.33 bits per heavy atom. The lowest BCUT2D eigenvalue weighted by atomic mass is 10.0. The molecule has 1 aliphatic rings. The van der Waals surface area contributed by atoms with E-state index < -0.39 is 0 Å². The molecule has 2 amide bonds. The molecule has 2 N–H and O–H groups in total. The van der Waals surface area contributed by atoms with Gasteiger partial charge in [-0.1, -0.05) is 19.9 Å². The summed E-state index contributed by atoms with van der Waals surface area (Å²) in [4.78, 5) is 12.4. The number of hydrogen-bond donors (Lipinski definition) is 2. The molecule has 0 spiro atoms. The van der Waals surface area contributed by atoms with Crippen molar-refractivity contribution in [2.24, 2.45) is 5.92 Å². The van der Waals surface area contributed by atoms with Crippen LogP contribution in [0.25, 0.3) is 0 Å². The molecule has 1 atom stereocenters. The predicted molar refractivity (Wildman–Crippen MR) is 91.1 cm³/mol. The van der Waals surface area contributed by atoms with Crippen molar-refractivity contribution < 1.29 is 9.53 Å². The fraction of sp³-hybridized carbons (Fsp3) is 0.471. The van der Waals surface area contributed by atoms with Crippen LogP contribution in [0, 0.1) is 5.92 Å². The molecule has 7 heteroatoms. The van der Waals surface area contributed by atoms with Crippen molar-refractivity contribution in [3.63, 3.8) is 0 Å². The van der Waals surface area contributed by atoms with Gasteiger partial charge in [0.15, 0.2) is 5.82 Å². The Balaban J connectivity index is 1.72. The molecule has 1 aromatic carbocycles. The van der Waals surface area contributed by atoms with E-state index >= 15 is 0 Å². The molecule has 0 fully saturated rings. The Labute approximate surface area is 141 Å². The highest BCUT2D eigenvalue weighted by atomic mass is 16.5. The lowest BCUT2D eigenvalue weighted by Gasteiger charge is -2.22. The largest absolute Gasteiger partial charge is 0.497 e. The van der Waals surface area contributed by atoms with Gasteiger partial charge in [0, 0.05) is 24.7 Å². The average Bonchev–Trinajstić information content (AvgIpc) is 3.16. The minimum Gasteiger partial charge on any atom is -0.497 e. The molecule has 3 rings (SSSR count). The highest BCUT2D eigenvalue weighted by Gasteiger charge is 2.27. The topological polar surface area (TPSA) is 81.1 Å². The summed E-state index contributed by atoms with van der Waals surface area (Å²) in [6.07, 6.45) is 2.03. The highest BCUT2D eigenvalue weighted by Crippen LogP contribution is 2.25. The van der Waals surface area contributed by atoms with E-state index in [9.17, 15) is 4.79 Å². The van der Waals surface area contributed by atoms with E-state index in [0.717, 1.165) is 31.0 Å². The summed E-state index contributed by atoms with van der Waals surface area (Å²) in [7, 11) is 1.60. The second-order valence-electron chi connectivity index (χ2n) is 6.28. The van der Waals surface area contributed by atoms with Crippen LogP contribution in [-0.2, 0) is 13.0 Å². The number of urea groups is 1. The van der Waals surface area contributed by atoms with Crippen LogP contribution < -0.4 is 15.4 Å². The SMILES string of the molecule is COc1cccc(NC(=O)NC(c2nnc3n2CCC3)C(C)C)c1. The van der Waals surface area contributed by atoms with Crippen molar-refractivity contribution in [2.45, 2.75) is 39.3 Å². The van der Waals surface area contributed by atoms with Gasteiger partial charge >= 0.3 is 6.03 Å². The lowest BCUT2D eigenvalue weighted by Crippen LogP contribution is -2.36. The quantitative estimate of drug-likeness (QED) is 0.884. The zero-order chi connectivity index (χ0) is 17.1. The van der Waals surface area contributed by atoms with Crippen LogP contribution in [0.2, 0.25) is 0 Å². The number of rotatable bonds is 5. The van der Waals surface area contributed by atoms with Gasteiger partial charge in [-0.15, -0.1) is 10.2 Å². The molecule has 24 heavy (non-hydrogen) atoms. The van der Waals surface area contributed by atoms with Crippen molar-refractivity contribution in [3.05, 3.63) is 35.9 Å². The van der Waals surface area contributed by atoms with E-state index in [2.05, 4.69) is 39.2 Å². The normalized spacial score (nSPS) is 14.3. The highest BCUT2D eigenvalue weighted by molar-refractivity contribution is 5.89. The molecule has 7 nitrogen and oxygen atoms in total. The van der Waals surface area contributed by atoms with Crippen molar-refractivity contribution in [1.29, 1.82) is 0 Å². The maximum atomic E-state index is 12.4. The molecule has 2 aromatic rings. The van der Waals surface area contributed by atoms with E-state index in [1.54, 1.807) is 13.2 Å². The van der Waals surface area contributed by atoms with Gasteiger partial charge in [-0.3, -0.25) is 0 Å². The summed E-state index contributed by atoms with van der Waals surface area (Å²) >= 11 is 0. The Kier molecular flexibility index (Phi) is 4.69. The Bertz CT molecular complexity index is 726. The van der Waals surface area contributed by atoms with E-state index in [0.29, 0.717) is 11.4 Å². The number of aromatic nitrogens is 3. The van der Waals surface area contributed by atoms with Crippen molar-refractivity contribution in [2.75, 3.05) is 12.4 Å². The number of ether oxygens (including phenoxy) is 1. The molecule has 0 saturated heterocycles. The van der Waals surface area contributed by atoms with Crippen LogP contribution in [-0.4, -0.2) is 27.9 Å². The Morgan fingerprint density at radius 2 is 2.17 bits per heavy atom. The first-order chi connectivity index (χ1) is 11.6. The van der Waals surface area contributed by atoms with E-state index in [-0.39, 0.29) is 18.0 Å². The molecule has 1 unspecified atom stereocenters. The molecule has 0 radical (unpaired) electrons. The lowest BCUT2D eigenvalue weighted by molar-refractivity contribution is 0.243. The molecular formula is C17H23N5O2. The fourth-order valence-electron chi connectivity index (χ4n) is 2.94. The molecule has 1 aliphatic heterocycles. The summed E-state index contributed by atoms with van der Waals surface area (Å²) < 4.78 is 7.29. The first kappa shape index (κ1) is 16.3. The first-order valence-corrected chi connectivity index (χ1v) is 8.22. The number of amides is 2. The van der Waals surface area contributed by atoms with Gasteiger partial charge in [0.25, 0.3) is 0 Å². The maximum absolute atomic E-state index is 12.4. The molecule has 0 bridgehead atoms. The van der Waals surface area contributed by atoms with E-state index in [4.69, 9.17) is 4.74 Å². The zero-order valence-electron chi connectivity index (χ0n) is 14.2. The van der Waals surface area contributed by atoms with Gasteiger partial charge in [-0.05, 0) is 24.5 Å². The summed E-state index contributed by atoms with van der Waals surface area (Å²) in [6.45, 7) is 5.04. The molecular weight excluding hydrogens is 306 g/mol. The third-order valence-corrected chi connectivity index (χ3v) is 4.20. The number of hydrogen-bond acceptors (Lipinski definition) is 4. The van der Waals surface area contributed by atoms with E-state index in [1.807, 2.05) is 18.2 Å². The number of nitrogens with zero attached hydrogens (tertiary/aromatic N) is 3. The third-order valence-electron chi connectivity index (χ3n) is 4.20. The molecule has 0 aliphatic carbocycles. The van der Waals surface area contributed by atoms with Crippen LogP contribution in [0.1, 0.15) is 38.0 Å². The number of methoxy groups -OCH3 is 1. The average molecular weight is 329 g/mol. The molecule has 0 saturated carbocycles. The Hall–Kier alpha value is -2.57. The van der Waals surface area contributed by atoms with Gasteiger partial charge in [0.05, 0.1) is 13.2 Å². The Morgan fingerprint density at radius 3 is 2.92 bits per heavy atom. The van der Waals surface area contributed by atoms with Crippen LogP contribution in [0.5, 0.6) is 5.75 Å². The maximum Gasteiger partial charge on any atom is 0.319 e. The van der Waals surface area contributed by atoms with Crippen LogP contribution >= 0.6 is 0 Å². The van der Waals surface area contributed by atoms with Crippen molar-refractivity contribution >= 4 is 11.7 Å². The van der Waals surface area contributed by atoms with Crippen molar-refractivity contribution in [1.82, 2.24) is 20.1 Å². The van der Waals surface area contributed by atoms with E-state index in [1.165, 1.54) is 0 Å². The fourth-order valence-corrected chi connectivity index (χ4v) is 2.94. The summed E-state index contributed by atoms with van der Waals surface area (Å²) in [5.74, 6) is 2.74. The summed E-state index contributed by atoms with van der Waals surface area (Å²) in [6, 6.07) is 6.81. The monoisotopic (exact) mass is 329 g/mol.